The Balaban J connectivity index is 1.49. The molecule has 0 unspecified atom stereocenters. The Bertz CT molecular complexity index is 1400. The third-order valence-electron chi connectivity index (χ3n) is 7.44. The summed E-state index contributed by atoms with van der Waals surface area (Å²) in [7, 11) is 0. The molecule has 0 spiro atoms. The molecule has 5 rings (SSSR count). The molecule has 2 amide bonds. The lowest BCUT2D eigenvalue weighted by molar-refractivity contribution is 0.0938. The summed E-state index contributed by atoms with van der Waals surface area (Å²) < 4.78 is 1.90. The van der Waals surface area contributed by atoms with Gasteiger partial charge in [-0.2, -0.15) is 0 Å². The van der Waals surface area contributed by atoms with Crippen molar-refractivity contribution in [1.29, 1.82) is 0 Å². The van der Waals surface area contributed by atoms with E-state index in [-0.39, 0.29) is 29.3 Å². The average Bonchev–Trinajstić information content (AvgIpc) is 2.89. The van der Waals surface area contributed by atoms with Crippen molar-refractivity contribution in [3.63, 3.8) is 0 Å². The van der Waals surface area contributed by atoms with Crippen LogP contribution in [0.1, 0.15) is 59.0 Å². The van der Waals surface area contributed by atoms with Gasteiger partial charge >= 0.3 is 0 Å². The van der Waals surface area contributed by atoms with Crippen molar-refractivity contribution in [3.05, 3.63) is 92.9 Å². The smallest absolute Gasteiger partial charge is 0.257 e. The quantitative estimate of drug-likeness (QED) is 0.486. The molecule has 1 saturated heterocycles. The highest BCUT2D eigenvalue weighted by atomic mass is 35.5. The molecule has 1 fully saturated rings. The summed E-state index contributed by atoms with van der Waals surface area (Å²) in [5, 5.41) is 6.38. The van der Waals surface area contributed by atoms with Crippen molar-refractivity contribution in [3.8, 4) is 0 Å². The molecule has 3 atom stereocenters. The molecule has 2 aliphatic rings. The molecule has 0 saturated carbocycles. The van der Waals surface area contributed by atoms with E-state index in [9.17, 15) is 14.4 Å². The average molecular weight is 519 g/mol. The molecule has 0 radical (unpaired) electrons. The van der Waals surface area contributed by atoms with Crippen LogP contribution in [0.4, 0.5) is 11.4 Å². The summed E-state index contributed by atoms with van der Waals surface area (Å²) in [6, 6.07) is 17.9. The Hall–Kier alpha value is -3.58. The predicted molar refractivity (Wildman–Crippen MR) is 147 cm³/mol. The fourth-order valence-corrected chi connectivity index (χ4v) is 5.61. The summed E-state index contributed by atoms with van der Waals surface area (Å²) in [6.07, 6.45) is 1.84. The summed E-state index contributed by atoms with van der Waals surface area (Å²) in [6.45, 7) is 6.13. The van der Waals surface area contributed by atoms with Crippen LogP contribution in [0.15, 0.2) is 65.5 Å². The largest absolute Gasteiger partial charge is 0.369 e. The van der Waals surface area contributed by atoms with Crippen LogP contribution in [0, 0.1) is 5.92 Å². The maximum Gasteiger partial charge on any atom is 0.257 e. The number of aromatic nitrogens is 1. The lowest BCUT2D eigenvalue weighted by Crippen LogP contribution is -2.47. The molecule has 8 heteroatoms. The second kappa shape index (κ2) is 10.4. The highest BCUT2D eigenvalue weighted by Crippen LogP contribution is 2.39. The van der Waals surface area contributed by atoms with Crippen molar-refractivity contribution in [2.24, 2.45) is 5.92 Å². The van der Waals surface area contributed by atoms with Gasteiger partial charge in [0.05, 0.1) is 22.0 Å². The third kappa shape index (κ3) is 5.14. The Morgan fingerprint density at radius 1 is 1.03 bits per heavy atom. The number of anilines is 2. The van der Waals surface area contributed by atoms with Crippen LogP contribution in [0.5, 0.6) is 0 Å². The molecular formula is C29H31ClN4O3. The number of fused-ring (bicyclic) bond motifs is 4. The summed E-state index contributed by atoms with van der Waals surface area (Å²) in [5.41, 5.74) is 3.36. The molecule has 1 aromatic heterocycles. The van der Waals surface area contributed by atoms with Crippen molar-refractivity contribution in [1.82, 2.24) is 9.88 Å². The highest BCUT2D eigenvalue weighted by Gasteiger charge is 2.35. The van der Waals surface area contributed by atoms with Crippen LogP contribution in [0.2, 0.25) is 5.02 Å². The van der Waals surface area contributed by atoms with E-state index in [0.29, 0.717) is 40.8 Å². The Morgan fingerprint density at radius 3 is 2.62 bits per heavy atom. The van der Waals surface area contributed by atoms with Crippen LogP contribution < -0.4 is 21.1 Å². The van der Waals surface area contributed by atoms with Crippen molar-refractivity contribution in [2.75, 3.05) is 23.3 Å². The number of halogens is 1. The minimum atomic E-state index is -0.333. The minimum absolute atomic E-state index is 0.0401. The van der Waals surface area contributed by atoms with Crippen LogP contribution >= 0.6 is 11.6 Å². The van der Waals surface area contributed by atoms with Gasteiger partial charge in [0.2, 0.25) is 0 Å². The molecule has 3 heterocycles. The molecule has 192 valence electrons. The monoisotopic (exact) mass is 518 g/mol. The molecule has 2 bridgehead atoms. The van der Waals surface area contributed by atoms with Crippen molar-refractivity contribution < 1.29 is 9.59 Å². The zero-order valence-electron chi connectivity index (χ0n) is 21.0. The first-order chi connectivity index (χ1) is 17.8. The van der Waals surface area contributed by atoms with Gasteiger partial charge < -0.3 is 20.1 Å². The second-order valence-corrected chi connectivity index (χ2v) is 10.5. The number of rotatable bonds is 6. The van der Waals surface area contributed by atoms with Gasteiger partial charge in [-0.25, -0.2) is 0 Å². The van der Waals surface area contributed by atoms with Gasteiger partial charge in [-0.15, -0.1) is 0 Å². The number of nitrogens with zero attached hydrogens (tertiary/aromatic N) is 2. The Labute approximate surface area is 221 Å². The van der Waals surface area contributed by atoms with Gasteiger partial charge in [0.25, 0.3) is 17.4 Å². The van der Waals surface area contributed by atoms with Gasteiger partial charge in [-0.1, -0.05) is 36.7 Å². The lowest BCUT2D eigenvalue weighted by Gasteiger charge is -2.44. The Kier molecular flexibility index (Phi) is 7.07. The number of carbonyl (C=O) groups is 2. The van der Waals surface area contributed by atoms with E-state index in [1.807, 2.05) is 36.6 Å². The molecule has 2 aromatic carbocycles. The summed E-state index contributed by atoms with van der Waals surface area (Å²) in [4.78, 5) is 40.8. The number of amides is 2. The zero-order chi connectivity index (χ0) is 26.1. The standard InChI is InChI=1S/C29H31ClN4O3/c1-3-18(2)31-28(36)20-11-12-26(24(14-20)32-29(37)22-7-4-5-8-23(22)30)33-15-19-13-21(17-33)25-9-6-10-27(35)34(25)16-19/h4-12,14,18-19,21H,3,13,15-17H2,1-2H3,(H,31,36)(H,32,37)/t18-,19+,21+/m1/s1. The van der Waals surface area contributed by atoms with Gasteiger partial charge in [0, 0.05) is 48.9 Å². The van der Waals surface area contributed by atoms with Crippen molar-refractivity contribution >= 4 is 34.8 Å². The van der Waals surface area contributed by atoms with E-state index in [1.54, 1.807) is 42.5 Å². The predicted octanol–water partition coefficient (Wildman–Crippen LogP) is 4.91. The van der Waals surface area contributed by atoms with E-state index in [0.717, 1.165) is 30.8 Å². The minimum Gasteiger partial charge on any atom is -0.369 e. The van der Waals surface area contributed by atoms with Gasteiger partial charge in [0.15, 0.2) is 0 Å². The molecule has 37 heavy (non-hydrogen) atoms. The van der Waals surface area contributed by atoms with Gasteiger partial charge in [0.1, 0.15) is 0 Å². The number of hydrogen-bond acceptors (Lipinski definition) is 4. The molecule has 2 aliphatic heterocycles. The topological polar surface area (TPSA) is 83.4 Å². The van der Waals surface area contributed by atoms with E-state index >= 15 is 0 Å². The first-order valence-electron chi connectivity index (χ1n) is 12.8. The zero-order valence-corrected chi connectivity index (χ0v) is 21.8. The Morgan fingerprint density at radius 2 is 1.84 bits per heavy atom. The van der Waals surface area contributed by atoms with Crippen LogP contribution in [-0.2, 0) is 6.54 Å². The van der Waals surface area contributed by atoms with E-state index in [1.165, 1.54) is 0 Å². The van der Waals surface area contributed by atoms with E-state index < -0.39 is 0 Å². The van der Waals surface area contributed by atoms with Crippen molar-refractivity contribution in [2.45, 2.75) is 45.2 Å². The SMILES string of the molecule is CC[C@@H](C)NC(=O)c1ccc(N2C[C@@H]3C[C@@H](C2)c2cccc(=O)n2C3)c(NC(=O)c2ccccc2Cl)c1. The van der Waals surface area contributed by atoms with Gasteiger partial charge in [-0.05, 0) is 62.1 Å². The lowest BCUT2D eigenvalue weighted by atomic mass is 9.83. The first-order valence-corrected chi connectivity index (χ1v) is 13.2. The van der Waals surface area contributed by atoms with Crippen LogP contribution in [-0.4, -0.2) is 35.5 Å². The van der Waals surface area contributed by atoms with E-state index in [2.05, 4.69) is 15.5 Å². The second-order valence-electron chi connectivity index (χ2n) is 10.1. The third-order valence-corrected chi connectivity index (χ3v) is 7.77. The van der Waals surface area contributed by atoms with Crippen LogP contribution in [0.25, 0.3) is 0 Å². The number of piperidine rings is 1. The maximum absolute atomic E-state index is 13.2. The summed E-state index contributed by atoms with van der Waals surface area (Å²) >= 11 is 6.29. The van der Waals surface area contributed by atoms with Gasteiger partial charge in [-0.3, -0.25) is 14.4 Å². The molecule has 3 aromatic rings. The summed E-state index contributed by atoms with van der Waals surface area (Å²) in [5.74, 6) is 0.00661. The number of hydrogen-bond donors (Lipinski definition) is 2. The van der Waals surface area contributed by atoms with Crippen LogP contribution in [0.3, 0.4) is 0 Å². The number of benzene rings is 2. The van der Waals surface area contributed by atoms with E-state index in [4.69, 9.17) is 11.6 Å². The number of carbonyl (C=O) groups excluding carboxylic acids is 2. The molecule has 2 N–H and O–H groups in total. The first kappa shape index (κ1) is 25.1. The number of nitrogens with one attached hydrogen (secondary N) is 2. The normalized spacial score (nSPS) is 19.1. The maximum atomic E-state index is 13.2. The molecule has 0 aliphatic carbocycles. The fraction of sp³-hybridized carbons (Fsp3) is 0.345. The highest BCUT2D eigenvalue weighted by molar-refractivity contribution is 6.34. The molecule has 7 nitrogen and oxygen atoms in total. The number of pyridine rings is 1. The fourth-order valence-electron chi connectivity index (χ4n) is 5.39. The molecular weight excluding hydrogens is 488 g/mol.